The Morgan fingerprint density at radius 3 is 2.02 bits per heavy atom. The molecule has 0 saturated carbocycles. The normalized spacial score (nSPS) is 12.1. The van der Waals surface area contributed by atoms with Crippen molar-refractivity contribution >= 4 is 43.4 Å². The highest BCUT2D eigenvalue weighted by Crippen LogP contribution is 2.49. The van der Waals surface area contributed by atoms with E-state index >= 15 is 0 Å². The Morgan fingerprint density at radius 1 is 0.370 bits per heavy atom. The zero-order chi connectivity index (χ0) is 30.2. The van der Waals surface area contributed by atoms with Crippen LogP contribution in [0.15, 0.2) is 164 Å². The summed E-state index contributed by atoms with van der Waals surface area (Å²) >= 11 is 0. The number of para-hydroxylation sites is 3. The lowest BCUT2D eigenvalue weighted by molar-refractivity contribution is 0.487. The second kappa shape index (κ2) is 9.69. The molecule has 1 aliphatic heterocycles. The average Bonchev–Trinajstić information content (AvgIpc) is 3.44. The highest BCUT2D eigenvalue weighted by Gasteiger charge is 2.22. The highest BCUT2D eigenvalue weighted by atomic mass is 16.5. The van der Waals surface area contributed by atoms with Gasteiger partial charge in [-0.25, -0.2) is 0 Å². The molecular weight excluding hydrogens is 558 g/mol. The third-order valence-corrected chi connectivity index (χ3v) is 9.57. The Labute approximate surface area is 266 Å². The molecule has 214 valence electrons. The molecular formula is C44H27NO. The lowest BCUT2D eigenvalue weighted by atomic mass is 9.87. The molecule has 0 aliphatic carbocycles. The maximum Gasteiger partial charge on any atom is 0.135 e. The zero-order valence-corrected chi connectivity index (χ0v) is 24.9. The van der Waals surface area contributed by atoms with Crippen LogP contribution in [0.2, 0.25) is 0 Å². The third-order valence-electron chi connectivity index (χ3n) is 9.57. The molecule has 0 radical (unpaired) electrons. The van der Waals surface area contributed by atoms with Crippen molar-refractivity contribution < 1.29 is 4.74 Å². The van der Waals surface area contributed by atoms with Gasteiger partial charge in [-0.2, -0.15) is 0 Å². The van der Waals surface area contributed by atoms with Crippen molar-refractivity contribution in [2.45, 2.75) is 0 Å². The number of ether oxygens (including phenoxy) is 1. The number of nitrogens with zero attached hydrogens (tertiary/aromatic N) is 1. The summed E-state index contributed by atoms with van der Waals surface area (Å²) in [5, 5.41) is 7.36. The second-order valence-corrected chi connectivity index (χ2v) is 12.1. The first-order valence-corrected chi connectivity index (χ1v) is 15.8. The van der Waals surface area contributed by atoms with E-state index < -0.39 is 0 Å². The Bertz CT molecular complexity index is 2660. The molecule has 1 aromatic heterocycles. The van der Waals surface area contributed by atoms with Crippen LogP contribution < -0.4 is 4.74 Å². The Morgan fingerprint density at radius 2 is 1.11 bits per heavy atom. The molecule has 0 bridgehead atoms. The van der Waals surface area contributed by atoms with Crippen molar-refractivity contribution in [2.75, 3.05) is 0 Å². The number of hydrogen-bond acceptors (Lipinski definition) is 1. The van der Waals surface area contributed by atoms with Crippen molar-refractivity contribution in [1.29, 1.82) is 0 Å². The quantitative estimate of drug-likeness (QED) is 0.201. The van der Waals surface area contributed by atoms with Gasteiger partial charge in [0.15, 0.2) is 0 Å². The van der Waals surface area contributed by atoms with E-state index in [0.29, 0.717) is 0 Å². The maximum atomic E-state index is 6.40. The number of benzene rings is 8. The van der Waals surface area contributed by atoms with Crippen molar-refractivity contribution in [3.8, 4) is 50.6 Å². The van der Waals surface area contributed by atoms with E-state index in [1.165, 1.54) is 76.9 Å². The second-order valence-electron chi connectivity index (χ2n) is 12.1. The Hall–Kier alpha value is -6.12. The molecule has 2 nitrogen and oxygen atoms in total. The van der Waals surface area contributed by atoms with Crippen molar-refractivity contribution in [3.63, 3.8) is 0 Å². The van der Waals surface area contributed by atoms with Gasteiger partial charge in [-0.3, -0.25) is 0 Å². The minimum Gasteiger partial charge on any atom is -0.456 e. The summed E-state index contributed by atoms with van der Waals surface area (Å²) in [5.74, 6) is 1.82. The minimum absolute atomic E-state index is 0.910. The van der Waals surface area contributed by atoms with E-state index in [0.717, 1.165) is 17.1 Å². The van der Waals surface area contributed by atoms with E-state index in [4.69, 9.17) is 4.74 Å². The summed E-state index contributed by atoms with van der Waals surface area (Å²) in [6.45, 7) is 0. The fourth-order valence-corrected chi connectivity index (χ4v) is 7.52. The van der Waals surface area contributed by atoms with Gasteiger partial charge in [0.2, 0.25) is 0 Å². The fourth-order valence-electron chi connectivity index (χ4n) is 7.52. The molecule has 2 heteroatoms. The number of fused-ring (bicyclic) bond motifs is 6. The molecule has 46 heavy (non-hydrogen) atoms. The first kappa shape index (κ1) is 25.2. The van der Waals surface area contributed by atoms with Gasteiger partial charge in [0.05, 0.1) is 11.0 Å². The molecule has 0 amide bonds. The number of hydrogen-bond donors (Lipinski definition) is 0. The monoisotopic (exact) mass is 585 g/mol. The van der Waals surface area contributed by atoms with Crippen LogP contribution >= 0.6 is 0 Å². The summed E-state index contributed by atoms with van der Waals surface area (Å²) < 4.78 is 8.78. The van der Waals surface area contributed by atoms with Gasteiger partial charge in [-0.1, -0.05) is 115 Å². The van der Waals surface area contributed by atoms with Gasteiger partial charge >= 0.3 is 0 Å². The van der Waals surface area contributed by atoms with E-state index in [2.05, 4.69) is 156 Å². The van der Waals surface area contributed by atoms with Crippen molar-refractivity contribution in [3.05, 3.63) is 164 Å². The van der Waals surface area contributed by atoms with Crippen LogP contribution in [0.1, 0.15) is 0 Å². The maximum absolute atomic E-state index is 6.40. The van der Waals surface area contributed by atoms with Gasteiger partial charge in [-0.05, 0) is 92.5 Å². The van der Waals surface area contributed by atoms with Crippen LogP contribution in [0.3, 0.4) is 0 Å². The van der Waals surface area contributed by atoms with Gasteiger partial charge in [0, 0.05) is 27.4 Å². The van der Waals surface area contributed by atoms with Crippen LogP contribution in [0.5, 0.6) is 11.5 Å². The predicted octanol–water partition coefficient (Wildman–Crippen LogP) is 12.2. The van der Waals surface area contributed by atoms with Crippen molar-refractivity contribution in [1.82, 2.24) is 4.57 Å². The van der Waals surface area contributed by atoms with Crippen molar-refractivity contribution in [2.24, 2.45) is 0 Å². The van der Waals surface area contributed by atoms with E-state index in [1.807, 2.05) is 12.1 Å². The molecule has 0 atom stereocenters. The summed E-state index contributed by atoms with van der Waals surface area (Å²) in [6, 6.07) is 59.0. The molecule has 9 aromatic rings. The predicted molar refractivity (Wildman–Crippen MR) is 192 cm³/mol. The smallest absolute Gasteiger partial charge is 0.135 e. The Balaban J connectivity index is 1.17. The van der Waals surface area contributed by atoms with E-state index in [-0.39, 0.29) is 0 Å². The first-order valence-electron chi connectivity index (χ1n) is 15.8. The number of rotatable bonds is 3. The van der Waals surface area contributed by atoms with Gasteiger partial charge in [0.1, 0.15) is 11.5 Å². The van der Waals surface area contributed by atoms with Gasteiger partial charge in [0.25, 0.3) is 0 Å². The van der Waals surface area contributed by atoms with Crippen LogP contribution in [0, 0.1) is 0 Å². The van der Waals surface area contributed by atoms with Crippen LogP contribution in [-0.2, 0) is 0 Å². The molecule has 1 aliphatic rings. The topological polar surface area (TPSA) is 14.2 Å². The molecule has 10 rings (SSSR count). The third kappa shape index (κ3) is 3.65. The molecule has 0 unspecified atom stereocenters. The van der Waals surface area contributed by atoms with Crippen LogP contribution in [0.4, 0.5) is 0 Å². The van der Waals surface area contributed by atoms with E-state index in [9.17, 15) is 0 Å². The Kier molecular flexibility index (Phi) is 5.31. The summed E-state index contributed by atoms with van der Waals surface area (Å²) in [6.07, 6.45) is 0. The van der Waals surface area contributed by atoms with Crippen LogP contribution in [-0.4, -0.2) is 4.57 Å². The largest absolute Gasteiger partial charge is 0.456 e. The SMILES string of the molecule is c1ccc(-n2c3ccccc3c3cc4cc(-c5ccccc5-c5ccc6c7c(cccc57)-c5ccccc5O6)ccc4cc32)cc1. The molecule has 8 aromatic carbocycles. The van der Waals surface area contributed by atoms with Gasteiger partial charge in [-0.15, -0.1) is 0 Å². The summed E-state index contributed by atoms with van der Waals surface area (Å²) in [5.41, 5.74) is 10.8. The molecule has 0 spiro atoms. The van der Waals surface area contributed by atoms with E-state index in [1.54, 1.807) is 0 Å². The first-order chi connectivity index (χ1) is 22.8. The minimum atomic E-state index is 0.910. The lowest BCUT2D eigenvalue weighted by Gasteiger charge is -2.23. The van der Waals surface area contributed by atoms with Crippen LogP contribution in [0.25, 0.3) is 82.4 Å². The van der Waals surface area contributed by atoms with Gasteiger partial charge < -0.3 is 9.30 Å². The number of aromatic nitrogens is 1. The lowest BCUT2D eigenvalue weighted by Crippen LogP contribution is -1.98. The zero-order valence-electron chi connectivity index (χ0n) is 24.9. The fraction of sp³-hybridized carbons (Fsp3) is 0. The molecule has 0 fully saturated rings. The molecule has 2 heterocycles. The molecule has 0 N–H and O–H groups in total. The summed E-state index contributed by atoms with van der Waals surface area (Å²) in [4.78, 5) is 0. The average molecular weight is 586 g/mol. The summed E-state index contributed by atoms with van der Waals surface area (Å²) in [7, 11) is 0. The molecule has 0 saturated heterocycles. The standard InChI is InChI=1S/C44H27NO/c1-2-11-31(12-3-1)45-40-19-8-6-15-35(40)39-26-30-25-29(22-21-28(30)27-41(39)45)32-13-4-5-14-33(32)34-23-24-43-44-37(34)17-10-18-38(44)36-16-7-9-20-42(36)46-43/h1-27H. The highest BCUT2D eigenvalue weighted by molar-refractivity contribution is 6.15.